The minimum absolute atomic E-state index is 0.0632. The molecule has 4 rings (SSSR count). The highest BCUT2D eigenvalue weighted by Crippen LogP contribution is 2.24. The molecule has 2 aromatic carbocycles. The van der Waals surface area contributed by atoms with Gasteiger partial charge in [-0.1, -0.05) is 47.7 Å². The molecule has 3 aromatic rings. The topological polar surface area (TPSA) is 54.3 Å². The van der Waals surface area contributed by atoms with Crippen molar-refractivity contribution in [3.8, 4) is 11.4 Å². The van der Waals surface area contributed by atoms with Gasteiger partial charge in [-0.25, -0.2) is 4.39 Å². The van der Waals surface area contributed by atoms with Crippen LogP contribution in [0.3, 0.4) is 0 Å². The number of carbonyl (C=O) groups is 1. The number of halogens is 1. The van der Waals surface area contributed by atoms with Gasteiger partial charge >= 0.3 is 0 Å². The molecule has 0 atom stereocenters. The van der Waals surface area contributed by atoms with Crippen molar-refractivity contribution >= 4 is 23.4 Å². The summed E-state index contributed by atoms with van der Waals surface area (Å²) in [7, 11) is 1.91. The van der Waals surface area contributed by atoms with E-state index in [0.29, 0.717) is 42.8 Å². The second kappa shape index (κ2) is 8.87. The second-order valence-corrected chi connectivity index (χ2v) is 8.29. The number of aryl methyl sites for hydroxylation is 1. The molecule has 156 valence electrons. The number of nitrogens with zero attached hydrogens (tertiary/aromatic N) is 5. The molecule has 0 N–H and O–H groups in total. The van der Waals surface area contributed by atoms with Gasteiger partial charge in [0, 0.05) is 38.8 Å². The van der Waals surface area contributed by atoms with Crippen LogP contribution >= 0.6 is 11.8 Å². The van der Waals surface area contributed by atoms with Crippen LogP contribution in [0.15, 0.2) is 53.7 Å². The van der Waals surface area contributed by atoms with Crippen LogP contribution in [0.25, 0.3) is 11.4 Å². The number of para-hydroxylation sites is 1. The van der Waals surface area contributed by atoms with E-state index in [2.05, 4.69) is 16.3 Å². The number of aromatic nitrogens is 3. The summed E-state index contributed by atoms with van der Waals surface area (Å²) < 4.78 is 15.9. The van der Waals surface area contributed by atoms with Crippen molar-refractivity contribution in [2.45, 2.75) is 12.1 Å². The average Bonchev–Trinajstić information content (AvgIpc) is 3.13. The number of carbonyl (C=O) groups excluding carboxylic acids is 1. The summed E-state index contributed by atoms with van der Waals surface area (Å²) in [4.78, 5) is 16.5. The molecule has 0 saturated carbocycles. The fourth-order valence-corrected chi connectivity index (χ4v) is 4.41. The molecule has 0 aliphatic carbocycles. The first kappa shape index (κ1) is 20.4. The largest absolute Gasteiger partial charge is 0.366 e. The number of piperazine rings is 1. The van der Waals surface area contributed by atoms with Crippen LogP contribution in [0.4, 0.5) is 10.1 Å². The lowest BCUT2D eigenvalue weighted by Crippen LogP contribution is -2.49. The Morgan fingerprint density at radius 1 is 1.07 bits per heavy atom. The molecule has 0 radical (unpaired) electrons. The molecule has 8 heteroatoms. The maximum Gasteiger partial charge on any atom is 0.233 e. The van der Waals surface area contributed by atoms with E-state index in [9.17, 15) is 9.18 Å². The molecule has 1 aliphatic rings. The SMILES string of the molecule is Cc1cccc(-c2nnc(SCC(=O)N3CCN(c4ccccc4F)CC3)n2C)c1. The fourth-order valence-electron chi connectivity index (χ4n) is 3.60. The van der Waals surface area contributed by atoms with Crippen molar-refractivity contribution in [1.29, 1.82) is 0 Å². The van der Waals surface area contributed by atoms with E-state index in [1.54, 1.807) is 12.1 Å². The lowest BCUT2D eigenvalue weighted by Gasteiger charge is -2.36. The third-order valence-electron chi connectivity index (χ3n) is 5.26. The minimum Gasteiger partial charge on any atom is -0.366 e. The standard InChI is InChI=1S/C22H24FN5OS/c1-16-6-5-7-17(14-16)21-24-25-22(26(21)2)30-15-20(29)28-12-10-27(11-13-28)19-9-4-3-8-18(19)23/h3-9,14H,10-13,15H2,1-2H3. The molecule has 1 aromatic heterocycles. The van der Waals surface area contributed by atoms with E-state index in [-0.39, 0.29) is 11.7 Å². The molecule has 1 aliphatic heterocycles. The van der Waals surface area contributed by atoms with Crippen LogP contribution in [0.1, 0.15) is 5.56 Å². The van der Waals surface area contributed by atoms with Gasteiger partial charge in [0.25, 0.3) is 0 Å². The predicted octanol–water partition coefficient (Wildman–Crippen LogP) is 3.37. The Kier molecular flexibility index (Phi) is 6.03. The summed E-state index contributed by atoms with van der Waals surface area (Å²) >= 11 is 1.39. The van der Waals surface area contributed by atoms with Crippen molar-refractivity contribution in [3.63, 3.8) is 0 Å². The number of hydrogen-bond donors (Lipinski definition) is 0. The summed E-state index contributed by atoms with van der Waals surface area (Å²) in [5.41, 5.74) is 2.77. The van der Waals surface area contributed by atoms with Crippen LogP contribution in [-0.2, 0) is 11.8 Å². The quantitative estimate of drug-likeness (QED) is 0.587. The van der Waals surface area contributed by atoms with Crippen molar-refractivity contribution in [2.75, 3.05) is 36.8 Å². The monoisotopic (exact) mass is 425 g/mol. The molecule has 0 unspecified atom stereocenters. The smallest absolute Gasteiger partial charge is 0.233 e. The zero-order valence-electron chi connectivity index (χ0n) is 17.1. The molecule has 30 heavy (non-hydrogen) atoms. The molecule has 0 spiro atoms. The zero-order chi connectivity index (χ0) is 21.1. The first-order valence-electron chi connectivity index (χ1n) is 9.89. The third kappa shape index (κ3) is 4.33. The number of anilines is 1. The molecular formula is C22H24FN5OS. The number of amides is 1. The van der Waals surface area contributed by atoms with Crippen LogP contribution in [-0.4, -0.2) is 57.5 Å². The summed E-state index contributed by atoms with van der Waals surface area (Å²) in [6.45, 7) is 4.46. The average molecular weight is 426 g/mol. The van der Waals surface area contributed by atoms with Crippen molar-refractivity contribution in [3.05, 3.63) is 59.9 Å². The number of hydrogen-bond acceptors (Lipinski definition) is 5. The van der Waals surface area contributed by atoms with Crippen molar-refractivity contribution in [2.24, 2.45) is 7.05 Å². The summed E-state index contributed by atoms with van der Waals surface area (Å²) in [6, 6.07) is 14.9. The summed E-state index contributed by atoms with van der Waals surface area (Å²) in [5.74, 6) is 0.930. The Hall–Kier alpha value is -2.87. The van der Waals surface area contributed by atoms with E-state index in [4.69, 9.17) is 0 Å². The first-order valence-corrected chi connectivity index (χ1v) is 10.9. The molecule has 6 nitrogen and oxygen atoms in total. The van der Waals surface area contributed by atoms with Crippen LogP contribution < -0.4 is 4.90 Å². The number of thioether (sulfide) groups is 1. The van der Waals surface area contributed by atoms with Gasteiger partial charge in [0.15, 0.2) is 11.0 Å². The molecule has 1 amide bonds. The van der Waals surface area contributed by atoms with E-state index >= 15 is 0 Å². The Labute approximate surface area is 179 Å². The number of benzene rings is 2. The van der Waals surface area contributed by atoms with E-state index in [1.165, 1.54) is 17.8 Å². The van der Waals surface area contributed by atoms with Gasteiger partial charge in [0.2, 0.25) is 5.91 Å². The highest BCUT2D eigenvalue weighted by molar-refractivity contribution is 7.99. The minimum atomic E-state index is -0.223. The Morgan fingerprint density at radius 3 is 2.57 bits per heavy atom. The Balaban J connectivity index is 1.33. The van der Waals surface area contributed by atoms with Gasteiger partial charge in [-0.3, -0.25) is 4.79 Å². The van der Waals surface area contributed by atoms with Crippen molar-refractivity contribution in [1.82, 2.24) is 19.7 Å². The molecule has 2 heterocycles. The molecule has 1 saturated heterocycles. The number of rotatable bonds is 5. The summed E-state index contributed by atoms with van der Waals surface area (Å²) in [5, 5.41) is 9.26. The Morgan fingerprint density at radius 2 is 1.83 bits per heavy atom. The molecular weight excluding hydrogens is 401 g/mol. The van der Waals surface area contributed by atoms with Crippen molar-refractivity contribution < 1.29 is 9.18 Å². The maximum absolute atomic E-state index is 14.0. The second-order valence-electron chi connectivity index (χ2n) is 7.34. The first-order chi connectivity index (χ1) is 14.5. The predicted molar refractivity (Wildman–Crippen MR) is 117 cm³/mol. The Bertz CT molecular complexity index is 1050. The molecule has 1 fully saturated rings. The maximum atomic E-state index is 14.0. The van der Waals surface area contributed by atoms with Gasteiger partial charge < -0.3 is 14.4 Å². The third-order valence-corrected chi connectivity index (χ3v) is 6.27. The van der Waals surface area contributed by atoms with E-state index in [0.717, 1.165) is 17.0 Å². The van der Waals surface area contributed by atoms with Gasteiger partial charge in [-0.2, -0.15) is 0 Å². The van der Waals surface area contributed by atoms with Gasteiger partial charge in [0.1, 0.15) is 5.82 Å². The van der Waals surface area contributed by atoms with Crippen LogP contribution in [0, 0.1) is 12.7 Å². The highest BCUT2D eigenvalue weighted by Gasteiger charge is 2.23. The normalized spacial score (nSPS) is 14.2. The van der Waals surface area contributed by atoms with Crippen LogP contribution in [0.2, 0.25) is 0 Å². The van der Waals surface area contributed by atoms with Gasteiger partial charge in [-0.05, 0) is 25.1 Å². The lowest BCUT2D eigenvalue weighted by atomic mass is 10.1. The van der Waals surface area contributed by atoms with Gasteiger partial charge in [0.05, 0.1) is 11.4 Å². The summed E-state index contributed by atoms with van der Waals surface area (Å²) in [6.07, 6.45) is 0. The van der Waals surface area contributed by atoms with E-state index in [1.807, 2.05) is 52.6 Å². The lowest BCUT2D eigenvalue weighted by molar-refractivity contribution is -0.128. The highest BCUT2D eigenvalue weighted by atomic mass is 32.2. The molecule has 0 bridgehead atoms. The van der Waals surface area contributed by atoms with Crippen LogP contribution in [0.5, 0.6) is 0 Å². The fraction of sp³-hybridized carbons (Fsp3) is 0.318. The van der Waals surface area contributed by atoms with Gasteiger partial charge in [-0.15, -0.1) is 10.2 Å². The van der Waals surface area contributed by atoms with E-state index < -0.39 is 0 Å². The zero-order valence-corrected chi connectivity index (χ0v) is 17.9.